The van der Waals surface area contributed by atoms with Gasteiger partial charge >= 0.3 is 0 Å². The van der Waals surface area contributed by atoms with Crippen molar-refractivity contribution in [2.45, 2.75) is 44.8 Å². The molecule has 0 amide bonds. The molecule has 2 fully saturated rings. The maximum Gasteiger partial charge on any atom is 0.229 e. The zero-order chi connectivity index (χ0) is 23.3. The highest BCUT2D eigenvalue weighted by Gasteiger charge is 2.24. The number of piperidine rings is 2. The smallest absolute Gasteiger partial charge is 0.229 e. The van der Waals surface area contributed by atoms with Gasteiger partial charge in [0.1, 0.15) is 6.10 Å². The predicted octanol–water partition coefficient (Wildman–Crippen LogP) is 4.68. The molecule has 0 N–H and O–H groups in total. The first-order chi connectivity index (χ1) is 16.7. The highest BCUT2D eigenvalue weighted by atomic mass is 16.5. The van der Waals surface area contributed by atoms with Gasteiger partial charge in [0.05, 0.1) is 25.1 Å². The number of ether oxygens (including phenoxy) is 3. The lowest BCUT2D eigenvalue weighted by Gasteiger charge is -2.32. The Balaban J connectivity index is 1.37. The number of aromatic nitrogens is 2. The van der Waals surface area contributed by atoms with E-state index in [1.807, 2.05) is 12.1 Å². The van der Waals surface area contributed by atoms with E-state index in [4.69, 9.17) is 24.2 Å². The Morgan fingerprint density at radius 3 is 2.26 bits per heavy atom. The Bertz CT molecular complexity index is 1090. The van der Waals surface area contributed by atoms with E-state index in [-0.39, 0.29) is 6.10 Å². The van der Waals surface area contributed by atoms with Gasteiger partial charge in [-0.25, -0.2) is 4.98 Å². The van der Waals surface area contributed by atoms with Crippen molar-refractivity contribution in [2.24, 2.45) is 0 Å². The second-order valence-corrected chi connectivity index (χ2v) is 9.18. The predicted molar refractivity (Wildman–Crippen MR) is 134 cm³/mol. The van der Waals surface area contributed by atoms with Crippen LogP contribution >= 0.6 is 0 Å². The number of anilines is 1. The van der Waals surface area contributed by atoms with Crippen LogP contribution in [0.5, 0.6) is 17.4 Å². The summed E-state index contributed by atoms with van der Waals surface area (Å²) < 4.78 is 17.7. The van der Waals surface area contributed by atoms with E-state index >= 15 is 0 Å². The van der Waals surface area contributed by atoms with Gasteiger partial charge in [-0.05, 0) is 43.7 Å². The quantitative estimate of drug-likeness (QED) is 0.505. The number of hydrogen-bond donors (Lipinski definition) is 0. The fourth-order valence-corrected chi connectivity index (χ4v) is 4.93. The third-order valence-electron chi connectivity index (χ3n) is 6.86. The maximum atomic E-state index is 6.57. The van der Waals surface area contributed by atoms with Gasteiger partial charge in [0.2, 0.25) is 11.8 Å². The molecule has 0 aliphatic carbocycles. The van der Waals surface area contributed by atoms with E-state index in [1.165, 1.54) is 24.8 Å². The zero-order valence-electron chi connectivity index (χ0n) is 20.2. The van der Waals surface area contributed by atoms with Gasteiger partial charge in [-0.1, -0.05) is 30.3 Å². The highest BCUT2D eigenvalue weighted by Crippen LogP contribution is 2.37. The topological polar surface area (TPSA) is 60.0 Å². The summed E-state index contributed by atoms with van der Waals surface area (Å²) in [6.45, 7) is 4.98. The lowest BCUT2D eigenvalue weighted by molar-refractivity contribution is 0.0945. The van der Waals surface area contributed by atoms with Gasteiger partial charge < -0.3 is 19.1 Å². The molecule has 0 unspecified atom stereocenters. The van der Waals surface area contributed by atoms with Crippen LogP contribution in [-0.4, -0.2) is 61.4 Å². The first-order valence-corrected chi connectivity index (χ1v) is 12.3. The Labute approximate surface area is 201 Å². The summed E-state index contributed by atoms with van der Waals surface area (Å²) in [6.07, 6.45) is 5.69. The lowest BCUT2D eigenvalue weighted by Crippen LogP contribution is -2.38. The van der Waals surface area contributed by atoms with Crippen molar-refractivity contribution >= 4 is 16.9 Å². The van der Waals surface area contributed by atoms with E-state index in [1.54, 1.807) is 14.2 Å². The summed E-state index contributed by atoms with van der Waals surface area (Å²) in [6, 6.07) is 14.5. The molecule has 0 radical (unpaired) electrons. The summed E-state index contributed by atoms with van der Waals surface area (Å²) in [5, 5.41) is 0.866. The highest BCUT2D eigenvalue weighted by molar-refractivity contribution is 5.88. The molecule has 0 saturated carbocycles. The molecule has 2 aliphatic rings. The summed E-state index contributed by atoms with van der Waals surface area (Å²) in [5.74, 6) is 2.72. The third-order valence-corrected chi connectivity index (χ3v) is 6.86. The van der Waals surface area contributed by atoms with E-state index in [0.717, 1.165) is 62.4 Å². The lowest BCUT2D eigenvalue weighted by atomic mass is 10.1. The standard InChI is InChI=1S/C27H34N4O3/c1-32-24-17-22-23(18-25(24)33-2)28-27(31-13-7-4-8-14-31)29-26(22)34-21-11-15-30(16-12-21)19-20-9-5-3-6-10-20/h3,5-6,9-10,17-18,21H,4,7-8,11-16,19H2,1-2H3. The van der Waals surface area contributed by atoms with Crippen molar-refractivity contribution in [1.29, 1.82) is 0 Å². The van der Waals surface area contributed by atoms with Crippen LogP contribution in [0.15, 0.2) is 42.5 Å². The van der Waals surface area contributed by atoms with E-state index in [9.17, 15) is 0 Å². The van der Waals surface area contributed by atoms with Crippen LogP contribution in [0.2, 0.25) is 0 Å². The molecular weight excluding hydrogens is 428 g/mol. The molecule has 5 rings (SSSR count). The SMILES string of the molecule is COc1cc2nc(N3CCCCC3)nc(OC3CCN(Cc4ccccc4)CC3)c2cc1OC. The normalized spacial score (nSPS) is 17.6. The van der Waals surface area contributed by atoms with Crippen molar-refractivity contribution in [2.75, 3.05) is 45.3 Å². The molecule has 2 aliphatic heterocycles. The molecule has 0 atom stereocenters. The molecule has 3 heterocycles. The molecule has 3 aromatic rings. The van der Waals surface area contributed by atoms with E-state index in [0.29, 0.717) is 17.4 Å². The van der Waals surface area contributed by atoms with Crippen LogP contribution in [0.4, 0.5) is 5.95 Å². The Kier molecular flexibility index (Phi) is 7.00. The minimum Gasteiger partial charge on any atom is -0.493 e. The number of likely N-dealkylation sites (tertiary alicyclic amines) is 1. The largest absolute Gasteiger partial charge is 0.493 e. The fraction of sp³-hybridized carbons (Fsp3) is 0.481. The summed E-state index contributed by atoms with van der Waals surface area (Å²) in [7, 11) is 3.30. The molecule has 0 bridgehead atoms. The number of fused-ring (bicyclic) bond motifs is 1. The van der Waals surface area contributed by atoms with E-state index < -0.39 is 0 Å². The Morgan fingerprint density at radius 2 is 1.56 bits per heavy atom. The van der Waals surface area contributed by atoms with Gasteiger partial charge in [0.15, 0.2) is 11.5 Å². The molecular formula is C27H34N4O3. The van der Waals surface area contributed by atoms with Crippen molar-refractivity contribution in [3.63, 3.8) is 0 Å². The first kappa shape index (κ1) is 22.7. The van der Waals surface area contributed by atoms with Crippen LogP contribution in [0.25, 0.3) is 10.9 Å². The minimum atomic E-state index is 0.132. The van der Waals surface area contributed by atoms with Gasteiger partial charge in [-0.2, -0.15) is 4.98 Å². The molecule has 1 aromatic heterocycles. The number of rotatable bonds is 7. The van der Waals surface area contributed by atoms with Crippen LogP contribution < -0.4 is 19.1 Å². The van der Waals surface area contributed by atoms with Crippen molar-refractivity contribution in [1.82, 2.24) is 14.9 Å². The van der Waals surface area contributed by atoms with Crippen LogP contribution in [-0.2, 0) is 6.54 Å². The molecule has 2 aromatic carbocycles. The number of methoxy groups -OCH3 is 2. The monoisotopic (exact) mass is 462 g/mol. The maximum absolute atomic E-state index is 6.57. The fourth-order valence-electron chi connectivity index (χ4n) is 4.93. The molecule has 180 valence electrons. The summed E-state index contributed by atoms with van der Waals surface area (Å²) in [4.78, 5) is 14.6. The number of benzene rings is 2. The summed E-state index contributed by atoms with van der Waals surface area (Å²) in [5.41, 5.74) is 2.18. The molecule has 7 nitrogen and oxygen atoms in total. The van der Waals surface area contributed by atoms with Gasteiger partial charge in [0.25, 0.3) is 0 Å². The summed E-state index contributed by atoms with van der Waals surface area (Å²) >= 11 is 0. The van der Waals surface area contributed by atoms with Gasteiger partial charge in [-0.3, -0.25) is 4.90 Å². The molecule has 2 saturated heterocycles. The van der Waals surface area contributed by atoms with Crippen LogP contribution in [0.3, 0.4) is 0 Å². The third kappa shape index (κ3) is 5.04. The second-order valence-electron chi connectivity index (χ2n) is 9.18. The van der Waals surface area contributed by atoms with Gasteiger partial charge in [-0.15, -0.1) is 0 Å². The zero-order valence-corrected chi connectivity index (χ0v) is 20.2. The van der Waals surface area contributed by atoms with Crippen molar-refractivity contribution < 1.29 is 14.2 Å². The van der Waals surface area contributed by atoms with E-state index in [2.05, 4.69) is 40.1 Å². The Morgan fingerprint density at radius 1 is 0.853 bits per heavy atom. The van der Waals surface area contributed by atoms with Crippen molar-refractivity contribution in [3.05, 3.63) is 48.0 Å². The minimum absolute atomic E-state index is 0.132. The molecule has 7 heteroatoms. The van der Waals surface area contributed by atoms with Gasteiger partial charge in [0, 0.05) is 38.8 Å². The average molecular weight is 463 g/mol. The number of nitrogens with zero attached hydrogens (tertiary/aromatic N) is 4. The number of hydrogen-bond acceptors (Lipinski definition) is 7. The molecule has 0 spiro atoms. The van der Waals surface area contributed by atoms with Crippen molar-refractivity contribution in [3.8, 4) is 17.4 Å². The second kappa shape index (κ2) is 10.5. The molecule has 34 heavy (non-hydrogen) atoms. The first-order valence-electron chi connectivity index (χ1n) is 12.3. The Hall–Kier alpha value is -3.06. The van der Waals surface area contributed by atoms with Crippen LogP contribution in [0.1, 0.15) is 37.7 Å². The van der Waals surface area contributed by atoms with Crippen LogP contribution in [0, 0.1) is 0 Å². The average Bonchev–Trinajstić information content (AvgIpc) is 2.90.